The molecule has 0 radical (unpaired) electrons. The predicted molar refractivity (Wildman–Crippen MR) is 278 cm³/mol. The zero-order valence-electron chi connectivity index (χ0n) is 43.3. The second-order valence-corrected chi connectivity index (χ2v) is 20.6. The van der Waals surface area contributed by atoms with Gasteiger partial charge in [0.25, 0.3) is 0 Å². The summed E-state index contributed by atoms with van der Waals surface area (Å²) in [4.78, 5) is 12.6. The van der Waals surface area contributed by atoms with Crippen LogP contribution in [-0.2, 0) is 4.79 Å². The summed E-state index contributed by atoms with van der Waals surface area (Å²) < 4.78 is 0. The van der Waals surface area contributed by atoms with Crippen LogP contribution in [0.5, 0.6) is 0 Å². The number of carbonyl (C=O) groups is 1. The van der Waals surface area contributed by atoms with Gasteiger partial charge in [0.1, 0.15) is 6.10 Å². The molecular formula is C58H117NO4. The van der Waals surface area contributed by atoms with Gasteiger partial charge in [0, 0.05) is 0 Å². The molecule has 63 heavy (non-hydrogen) atoms. The summed E-state index contributed by atoms with van der Waals surface area (Å²) in [6.07, 6.45) is 66.0. The molecule has 0 fully saturated rings. The van der Waals surface area contributed by atoms with Crippen LogP contribution in [-0.4, -0.2) is 46.1 Å². The van der Waals surface area contributed by atoms with Crippen molar-refractivity contribution in [3.05, 3.63) is 0 Å². The van der Waals surface area contributed by atoms with Gasteiger partial charge in [0.05, 0.1) is 18.8 Å². The van der Waals surface area contributed by atoms with Crippen molar-refractivity contribution >= 4 is 5.91 Å². The third-order valence-electron chi connectivity index (χ3n) is 14.2. The third-order valence-corrected chi connectivity index (χ3v) is 14.2. The summed E-state index contributed by atoms with van der Waals surface area (Å²) >= 11 is 0. The molecule has 0 aliphatic rings. The third kappa shape index (κ3) is 49.1. The van der Waals surface area contributed by atoms with E-state index < -0.39 is 24.2 Å². The molecule has 3 atom stereocenters. The van der Waals surface area contributed by atoms with Crippen LogP contribution in [0, 0.1) is 0 Å². The highest BCUT2D eigenvalue weighted by atomic mass is 16.3. The van der Waals surface area contributed by atoms with E-state index in [0.29, 0.717) is 12.8 Å². The number of unbranched alkanes of at least 4 members (excludes halogenated alkanes) is 47. The van der Waals surface area contributed by atoms with Crippen molar-refractivity contribution in [2.75, 3.05) is 6.61 Å². The maximum absolute atomic E-state index is 12.6. The number of carbonyl (C=O) groups excluding carboxylic acids is 1. The number of amides is 1. The van der Waals surface area contributed by atoms with Gasteiger partial charge in [-0.2, -0.15) is 0 Å². The van der Waals surface area contributed by atoms with E-state index >= 15 is 0 Å². The Kier molecular flexibility index (Phi) is 53.4. The summed E-state index contributed by atoms with van der Waals surface area (Å²) in [7, 11) is 0. The molecule has 1 amide bonds. The Bertz CT molecular complexity index is 853. The van der Waals surface area contributed by atoms with E-state index in [9.17, 15) is 20.1 Å². The molecule has 0 spiro atoms. The molecule has 0 aromatic heterocycles. The van der Waals surface area contributed by atoms with Crippen molar-refractivity contribution in [3.63, 3.8) is 0 Å². The molecule has 0 aliphatic carbocycles. The number of nitrogens with one attached hydrogen (secondary N) is 1. The summed E-state index contributed by atoms with van der Waals surface area (Å²) in [5, 5.41) is 33.5. The number of aliphatic hydroxyl groups excluding tert-OH is 3. The molecule has 5 heteroatoms. The van der Waals surface area contributed by atoms with Gasteiger partial charge in [-0.3, -0.25) is 4.79 Å². The molecule has 0 saturated carbocycles. The fourth-order valence-electron chi connectivity index (χ4n) is 9.67. The lowest BCUT2D eigenvalue weighted by molar-refractivity contribution is -0.131. The highest BCUT2D eigenvalue weighted by molar-refractivity contribution is 5.80. The SMILES string of the molecule is CCCCCCCCCCCCCCCCCCCCCCCCCCCCCCCCCCCCC(O)C(=O)NC(CO)C(O)CCCCCCCCCCCCCCCCC. The number of rotatable bonds is 55. The molecule has 3 unspecified atom stereocenters. The first-order valence-electron chi connectivity index (χ1n) is 29.3. The minimum atomic E-state index is -1.07. The molecule has 0 aromatic carbocycles. The lowest BCUT2D eigenvalue weighted by Crippen LogP contribution is -2.49. The highest BCUT2D eigenvalue weighted by Crippen LogP contribution is 2.19. The highest BCUT2D eigenvalue weighted by Gasteiger charge is 2.23. The Morgan fingerprint density at radius 3 is 0.714 bits per heavy atom. The number of aliphatic hydroxyl groups is 3. The lowest BCUT2D eigenvalue weighted by Gasteiger charge is -2.23. The van der Waals surface area contributed by atoms with Gasteiger partial charge in [-0.1, -0.05) is 328 Å². The van der Waals surface area contributed by atoms with Gasteiger partial charge in [-0.05, 0) is 12.8 Å². The molecule has 5 nitrogen and oxygen atoms in total. The Hall–Kier alpha value is -0.650. The molecule has 0 saturated heterocycles. The standard InChI is InChI=1S/C58H117NO4/c1-3-5-7-9-11-13-15-17-19-20-21-22-23-24-25-26-27-28-29-30-31-32-33-34-35-36-37-39-41-43-45-47-49-51-53-57(62)58(63)59-55(54-60)56(61)52-50-48-46-44-42-40-38-18-16-14-12-10-8-6-4-2/h55-57,60-62H,3-54H2,1-2H3,(H,59,63). The van der Waals surface area contributed by atoms with Crippen molar-refractivity contribution in [1.29, 1.82) is 0 Å². The van der Waals surface area contributed by atoms with E-state index in [1.165, 1.54) is 283 Å². The van der Waals surface area contributed by atoms with Crippen molar-refractivity contribution in [2.45, 2.75) is 360 Å². The Morgan fingerprint density at radius 2 is 0.508 bits per heavy atom. The minimum absolute atomic E-state index is 0.307. The van der Waals surface area contributed by atoms with E-state index in [1.807, 2.05) is 0 Å². The van der Waals surface area contributed by atoms with Gasteiger partial charge in [0.2, 0.25) is 5.91 Å². The Balaban J connectivity index is 3.42. The van der Waals surface area contributed by atoms with Gasteiger partial charge in [-0.25, -0.2) is 0 Å². The van der Waals surface area contributed by atoms with Crippen LogP contribution < -0.4 is 5.32 Å². The van der Waals surface area contributed by atoms with E-state index in [0.717, 1.165) is 32.1 Å². The predicted octanol–water partition coefficient (Wildman–Crippen LogP) is 18.1. The zero-order valence-corrected chi connectivity index (χ0v) is 43.3. The van der Waals surface area contributed by atoms with Crippen LogP contribution in [0.3, 0.4) is 0 Å². The first-order chi connectivity index (χ1) is 31.1. The fraction of sp³-hybridized carbons (Fsp3) is 0.983. The van der Waals surface area contributed by atoms with Crippen LogP contribution in [0.25, 0.3) is 0 Å². The van der Waals surface area contributed by atoms with Gasteiger partial charge < -0.3 is 20.6 Å². The molecular weight excluding hydrogens is 775 g/mol. The van der Waals surface area contributed by atoms with E-state index in [-0.39, 0.29) is 6.61 Å². The normalized spacial score (nSPS) is 13.2. The van der Waals surface area contributed by atoms with Gasteiger partial charge >= 0.3 is 0 Å². The second-order valence-electron chi connectivity index (χ2n) is 20.6. The maximum Gasteiger partial charge on any atom is 0.249 e. The summed E-state index contributed by atoms with van der Waals surface area (Å²) in [5.41, 5.74) is 0. The van der Waals surface area contributed by atoms with Crippen molar-refractivity contribution in [1.82, 2.24) is 5.32 Å². The van der Waals surface area contributed by atoms with Crippen molar-refractivity contribution in [2.24, 2.45) is 0 Å². The topological polar surface area (TPSA) is 89.8 Å². The Labute approximate surface area is 396 Å². The molecule has 4 N–H and O–H groups in total. The van der Waals surface area contributed by atoms with E-state index in [2.05, 4.69) is 19.2 Å². The second kappa shape index (κ2) is 54.0. The average molecular weight is 893 g/mol. The quantitative estimate of drug-likeness (QED) is 0.0458. The van der Waals surface area contributed by atoms with Crippen LogP contribution in [0.4, 0.5) is 0 Å². The molecule has 0 aliphatic heterocycles. The fourth-order valence-corrected chi connectivity index (χ4v) is 9.67. The van der Waals surface area contributed by atoms with Crippen molar-refractivity contribution in [3.8, 4) is 0 Å². The average Bonchev–Trinajstić information content (AvgIpc) is 3.29. The van der Waals surface area contributed by atoms with Crippen LogP contribution in [0.1, 0.15) is 341 Å². The summed E-state index contributed by atoms with van der Waals surface area (Å²) in [6.45, 7) is 4.27. The van der Waals surface area contributed by atoms with Gasteiger partial charge in [-0.15, -0.1) is 0 Å². The van der Waals surface area contributed by atoms with Crippen LogP contribution in [0.2, 0.25) is 0 Å². The first-order valence-corrected chi connectivity index (χ1v) is 29.3. The number of hydrogen-bond donors (Lipinski definition) is 4. The van der Waals surface area contributed by atoms with Crippen LogP contribution >= 0.6 is 0 Å². The summed E-state index contributed by atoms with van der Waals surface area (Å²) in [6, 6.07) is -0.707. The van der Waals surface area contributed by atoms with E-state index in [1.54, 1.807) is 0 Å². The largest absolute Gasteiger partial charge is 0.394 e. The molecule has 0 bridgehead atoms. The maximum atomic E-state index is 12.6. The first kappa shape index (κ1) is 62.4. The molecule has 0 aromatic rings. The molecule has 0 rings (SSSR count). The lowest BCUT2D eigenvalue weighted by atomic mass is 10.0. The molecule has 0 heterocycles. The zero-order chi connectivity index (χ0) is 45.8. The Morgan fingerprint density at radius 1 is 0.317 bits per heavy atom. The summed E-state index contributed by atoms with van der Waals surface area (Å²) in [5.74, 6) is -0.462. The monoisotopic (exact) mass is 892 g/mol. The van der Waals surface area contributed by atoms with Gasteiger partial charge in [0.15, 0.2) is 0 Å². The van der Waals surface area contributed by atoms with Crippen LogP contribution in [0.15, 0.2) is 0 Å². The van der Waals surface area contributed by atoms with Crippen molar-refractivity contribution < 1.29 is 20.1 Å². The number of hydrogen-bond acceptors (Lipinski definition) is 4. The smallest absolute Gasteiger partial charge is 0.249 e. The molecule has 378 valence electrons. The minimum Gasteiger partial charge on any atom is -0.394 e. The van der Waals surface area contributed by atoms with E-state index in [4.69, 9.17) is 0 Å².